The molecule has 2 rings (SSSR count). The number of nitrogens with one attached hydrogen (secondary N) is 1. The maximum atomic E-state index is 12.1. The SMILES string of the molecule is CC(C)OCc1ccc(CNC(=O)c2ccc(O)c(Cl)c2)cc1. The van der Waals surface area contributed by atoms with Crippen molar-refractivity contribution in [3.05, 3.63) is 64.2 Å². The molecule has 0 radical (unpaired) electrons. The van der Waals surface area contributed by atoms with Crippen molar-refractivity contribution in [2.45, 2.75) is 33.1 Å². The minimum Gasteiger partial charge on any atom is -0.506 e. The zero-order valence-corrected chi connectivity index (χ0v) is 13.9. The van der Waals surface area contributed by atoms with Crippen molar-refractivity contribution >= 4 is 17.5 Å². The van der Waals surface area contributed by atoms with Crippen LogP contribution in [0, 0.1) is 0 Å². The summed E-state index contributed by atoms with van der Waals surface area (Å²) in [5.74, 6) is -0.276. The number of amides is 1. The number of hydrogen-bond donors (Lipinski definition) is 2. The highest BCUT2D eigenvalue weighted by Gasteiger charge is 2.08. The molecule has 0 aliphatic rings. The minimum atomic E-state index is -0.237. The summed E-state index contributed by atoms with van der Waals surface area (Å²) in [6.45, 7) is 5.00. The van der Waals surface area contributed by atoms with Gasteiger partial charge < -0.3 is 15.2 Å². The molecule has 2 aromatic carbocycles. The lowest BCUT2D eigenvalue weighted by Crippen LogP contribution is -2.22. The van der Waals surface area contributed by atoms with E-state index in [1.54, 1.807) is 0 Å². The molecule has 0 heterocycles. The molecule has 0 aliphatic heterocycles. The molecule has 0 unspecified atom stereocenters. The Kier molecular flexibility index (Phi) is 6.02. The fourth-order valence-electron chi connectivity index (χ4n) is 1.95. The summed E-state index contributed by atoms with van der Waals surface area (Å²) in [4.78, 5) is 12.1. The van der Waals surface area contributed by atoms with Crippen molar-refractivity contribution < 1.29 is 14.6 Å². The Balaban J connectivity index is 1.89. The Morgan fingerprint density at radius 3 is 2.43 bits per heavy atom. The average molecular weight is 334 g/mol. The van der Waals surface area contributed by atoms with Gasteiger partial charge >= 0.3 is 0 Å². The number of aromatic hydroxyl groups is 1. The molecule has 0 saturated heterocycles. The van der Waals surface area contributed by atoms with E-state index in [4.69, 9.17) is 16.3 Å². The van der Waals surface area contributed by atoms with E-state index in [1.165, 1.54) is 18.2 Å². The first-order chi connectivity index (χ1) is 11.0. The maximum absolute atomic E-state index is 12.1. The number of rotatable bonds is 6. The van der Waals surface area contributed by atoms with E-state index in [0.717, 1.165) is 11.1 Å². The van der Waals surface area contributed by atoms with Gasteiger partial charge in [0.1, 0.15) is 5.75 Å². The molecule has 0 spiro atoms. The third-order valence-electron chi connectivity index (χ3n) is 3.27. The van der Waals surface area contributed by atoms with E-state index >= 15 is 0 Å². The second-order valence-corrected chi connectivity index (χ2v) is 5.93. The van der Waals surface area contributed by atoms with E-state index in [-0.39, 0.29) is 22.8 Å². The molecule has 0 bridgehead atoms. The smallest absolute Gasteiger partial charge is 0.251 e. The highest BCUT2D eigenvalue weighted by atomic mass is 35.5. The van der Waals surface area contributed by atoms with Crippen molar-refractivity contribution in [3.8, 4) is 5.75 Å². The highest BCUT2D eigenvalue weighted by Crippen LogP contribution is 2.23. The number of ether oxygens (including phenoxy) is 1. The van der Waals surface area contributed by atoms with Gasteiger partial charge in [0.05, 0.1) is 17.7 Å². The number of carbonyl (C=O) groups is 1. The van der Waals surface area contributed by atoms with Crippen molar-refractivity contribution in [2.24, 2.45) is 0 Å². The molecule has 23 heavy (non-hydrogen) atoms. The summed E-state index contributed by atoms with van der Waals surface area (Å²) in [6.07, 6.45) is 0.200. The fourth-order valence-corrected chi connectivity index (χ4v) is 2.13. The van der Waals surface area contributed by atoms with Gasteiger partial charge in [0, 0.05) is 12.1 Å². The predicted molar refractivity (Wildman–Crippen MR) is 90.7 cm³/mol. The zero-order chi connectivity index (χ0) is 16.8. The predicted octanol–water partition coefficient (Wildman–Crippen LogP) is 3.90. The van der Waals surface area contributed by atoms with Crippen molar-refractivity contribution in [2.75, 3.05) is 0 Å². The first-order valence-corrected chi connectivity index (χ1v) is 7.79. The number of carbonyl (C=O) groups excluding carboxylic acids is 1. The van der Waals surface area contributed by atoms with Crippen molar-refractivity contribution in [3.63, 3.8) is 0 Å². The molecular weight excluding hydrogens is 314 g/mol. The Morgan fingerprint density at radius 1 is 1.17 bits per heavy atom. The first-order valence-electron chi connectivity index (χ1n) is 7.42. The van der Waals surface area contributed by atoms with Crippen LogP contribution in [0.25, 0.3) is 0 Å². The van der Waals surface area contributed by atoms with Crippen molar-refractivity contribution in [1.82, 2.24) is 5.32 Å². The van der Waals surface area contributed by atoms with Gasteiger partial charge in [-0.05, 0) is 43.2 Å². The van der Waals surface area contributed by atoms with Crippen LogP contribution in [0.15, 0.2) is 42.5 Å². The summed E-state index contributed by atoms with van der Waals surface area (Å²) < 4.78 is 5.54. The quantitative estimate of drug-likeness (QED) is 0.842. The Morgan fingerprint density at radius 2 is 1.83 bits per heavy atom. The standard InChI is InChI=1S/C18H20ClNO3/c1-12(2)23-11-14-5-3-13(4-6-14)10-20-18(22)15-7-8-17(21)16(19)9-15/h3-9,12,21H,10-11H2,1-2H3,(H,20,22). The van der Waals surface area contributed by atoms with Crippen LogP contribution in [0.4, 0.5) is 0 Å². The molecular formula is C18H20ClNO3. The minimum absolute atomic E-state index is 0.0394. The first kappa shape index (κ1) is 17.3. The van der Waals surface area contributed by atoms with Gasteiger partial charge in [-0.3, -0.25) is 4.79 Å². The summed E-state index contributed by atoms with van der Waals surface area (Å²) in [7, 11) is 0. The molecule has 1 amide bonds. The van der Waals surface area contributed by atoms with Crippen LogP contribution in [0.2, 0.25) is 5.02 Å². The van der Waals surface area contributed by atoms with Crippen LogP contribution >= 0.6 is 11.6 Å². The van der Waals surface area contributed by atoms with Gasteiger partial charge in [-0.15, -0.1) is 0 Å². The lowest BCUT2D eigenvalue weighted by Gasteiger charge is -2.09. The molecule has 2 aromatic rings. The van der Waals surface area contributed by atoms with Gasteiger partial charge in [-0.25, -0.2) is 0 Å². The van der Waals surface area contributed by atoms with Gasteiger partial charge in [0.25, 0.3) is 5.91 Å². The summed E-state index contributed by atoms with van der Waals surface area (Å²) in [5, 5.41) is 12.3. The number of hydrogen-bond acceptors (Lipinski definition) is 3. The van der Waals surface area contributed by atoms with Crippen LogP contribution in [-0.4, -0.2) is 17.1 Å². The van der Waals surface area contributed by atoms with E-state index in [2.05, 4.69) is 5.32 Å². The lowest BCUT2D eigenvalue weighted by atomic mass is 10.1. The van der Waals surface area contributed by atoms with Gasteiger partial charge in [0.2, 0.25) is 0 Å². The monoisotopic (exact) mass is 333 g/mol. The number of phenols is 1. The van der Waals surface area contributed by atoms with E-state index in [0.29, 0.717) is 18.7 Å². The molecule has 122 valence electrons. The maximum Gasteiger partial charge on any atom is 0.251 e. The Hall–Kier alpha value is -2.04. The van der Waals surface area contributed by atoms with E-state index in [9.17, 15) is 9.90 Å². The van der Waals surface area contributed by atoms with Gasteiger partial charge in [-0.2, -0.15) is 0 Å². The molecule has 0 saturated carbocycles. The molecule has 0 aromatic heterocycles. The average Bonchev–Trinajstić information content (AvgIpc) is 2.54. The molecule has 0 aliphatic carbocycles. The van der Waals surface area contributed by atoms with E-state index in [1.807, 2.05) is 38.1 Å². The lowest BCUT2D eigenvalue weighted by molar-refractivity contribution is 0.0657. The normalized spacial score (nSPS) is 10.8. The van der Waals surface area contributed by atoms with Gasteiger partial charge in [-0.1, -0.05) is 35.9 Å². The van der Waals surface area contributed by atoms with E-state index < -0.39 is 0 Å². The third-order valence-corrected chi connectivity index (χ3v) is 3.57. The van der Waals surface area contributed by atoms with Crippen molar-refractivity contribution in [1.29, 1.82) is 0 Å². The number of phenolic OH excluding ortho intramolecular Hbond substituents is 1. The second-order valence-electron chi connectivity index (χ2n) is 5.53. The largest absolute Gasteiger partial charge is 0.506 e. The third kappa shape index (κ3) is 5.27. The van der Waals surface area contributed by atoms with Crippen LogP contribution in [-0.2, 0) is 17.9 Å². The molecule has 5 heteroatoms. The van der Waals surface area contributed by atoms with Crippen LogP contribution < -0.4 is 5.32 Å². The summed E-state index contributed by atoms with van der Waals surface area (Å²) in [6, 6.07) is 12.3. The molecule has 4 nitrogen and oxygen atoms in total. The summed E-state index contributed by atoms with van der Waals surface area (Å²) in [5.41, 5.74) is 2.50. The Labute approximate surface area is 141 Å². The molecule has 0 atom stereocenters. The van der Waals surface area contributed by atoms with Gasteiger partial charge in [0.15, 0.2) is 0 Å². The molecule has 2 N–H and O–H groups in total. The topological polar surface area (TPSA) is 58.6 Å². The molecule has 0 fully saturated rings. The fraction of sp³-hybridized carbons (Fsp3) is 0.278. The van der Waals surface area contributed by atoms with Crippen LogP contribution in [0.1, 0.15) is 35.3 Å². The van der Waals surface area contributed by atoms with Crippen LogP contribution in [0.3, 0.4) is 0 Å². The second kappa shape index (κ2) is 7.99. The van der Waals surface area contributed by atoms with Crippen LogP contribution in [0.5, 0.6) is 5.75 Å². The zero-order valence-electron chi connectivity index (χ0n) is 13.2. The number of halogens is 1. The highest BCUT2D eigenvalue weighted by molar-refractivity contribution is 6.32. The summed E-state index contributed by atoms with van der Waals surface area (Å²) >= 11 is 5.80. The Bertz CT molecular complexity index is 668. The number of benzene rings is 2.